The standard InChI is InChI=1S/C28H28ClN5O4/c1-4-28(2,3)30-27(36)26(18-9-11-19(29)12-10-18)34(20-13-14-23-24(15-20)38-17-37-23)25(35)16-33-22-8-6-5-7-21(22)31-32-33/h5-15,26H,4,16-17H2,1-3H3,(H,30,36)/t26-/m1/s1. The molecular weight excluding hydrogens is 506 g/mol. The summed E-state index contributed by atoms with van der Waals surface area (Å²) in [6.07, 6.45) is 0.703. The van der Waals surface area contributed by atoms with Gasteiger partial charge >= 0.3 is 0 Å². The first-order valence-corrected chi connectivity index (χ1v) is 12.7. The highest BCUT2D eigenvalue weighted by atomic mass is 35.5. The molecule has 0 radical (unpaired) electrons. The summed E-state index contributed by atoms with van der Waals surface area (Å²) in [7, 11) is 0. The van der Waals surface area contributed by atoms with E-state index in [2.05, 4.69) is 15.6 Å². The highest BCUT2D eigenvalue weighted by Crippen LogP contribution is 2.38. The largest absolute Gasteiger partial charge is 0.454 e. The number of carbonyl (C=O) groups is 2. The lowest BCUT2D eigenvalue weighted by Gasteiger charge is -2.34. The minimum Gasteiger partial charge on any atom is -0.454 e. The minimum absolute atomic E-state index is 0.0868. The van der Waals surface area contributed by atoms with Crippen LogP contribution in [0, 0.1) is 0 Å². The third kappa shape index (κ3) is 5.15. The van der Waals surface area contributed by atoms with E-state index in [1.54, 1.807) is 42.5 Å². The Bertz CT molecular complexity index is 1480. The fourth-order valence-electron chi connectivity index (χ4n) is 4.26. The van der Waals surface area contributed by atoms with E-state index in [0.717, 1.165) is 0 Å². The summed E-state index contributed by atoms with van der Waals surface area (Å²) < 4.78 is 12.6. The molecule has 0 aliphatic carbocycles. The van der Waals surface area contributed by atoms with Crippen LogP contribution in [-0.2, 0) is 16.1 Å². The Morgan fingerprint density at radius 3 is 2.58 bits per heavy atom. The Hall–Kier alpha value is -4.11. The van der Waals surface area contributed by atoms with Gasteiger partial charge in [0.2, 0.25) is 18.6 Å². The van der Waals surface area contributed by atoms with Crippen LogP contribution < -0.4 is 19.7 Å². The van der Waals surface area contributed by atoms with Crippen LogP contribution in [0.1, 0.15) is 38.8 Å². The predicted octanol–water partition coefficient (Wildman–Crippen LogP) is 4.89. The van der Waals surface area contributed by atoms with Crippen molar-refractivity contribution in [1.82, 2.24) is 20.3 Å². The topological polar surface area (TPSA) is 98.6 Å². The number of halogens is 1. The van der Waals surface area contributed by atoms with Gasteiger partial charge in [-0.2, -0.15) is 0 Å². The number of ether oxygens (including phenoxy) is 2. The highest BCUT2D eigenvalue weighted by molar-refractivity contribution is 6.30. The zero-order valence-corrected chi connectivity index (χ0v) is 22.1. The molecule has 1 aliphatic rings. The van der Waals surface area contributed by atoms with Crippen molar-refractivity contribution in [2.24, 2.45) is 0 Å². The van der Waals surface area contributed by atoms with Crippen LogP contribution >= 0.6 is 11.6 Å². The summed E-state index contributed by atoms with van der Waals surface area (Å²) in [6, 6.07) is 18.5. The molecule has 2 heterocycles. The summed E-state index contributed by atoms with van der Waals surface area (Å²) in [5, 5.41) is 12.0. The number of benzene rings is 3. The molecule has 0 unspecified atom stereocenters. The summed E-state index contributed by atoms with van der Waals surface area (Å²) >= 11 is 6.17. The number of hydrogen-bond acceptors (Lipinski definition) is 6. The quantitative estimate of drug-likeness (QED) is 0.346. The van der Waals surface area contributed by atoms with Crippen LogP contribution in [0.2, 0.25) is 5.02 Å². The Kier molecular flexibility index (Phi) is 6.94. The number of amides is 2. The second kappa shape index (κ2) is 10.3. The van der Waals surface area contributed by atoms with Gasteiger partial charge in [-0.25, -0.2) is 4.68 Å². The number of fused-ring (bicyclic) bond motifs is 2. The molecule has 2 amide bonds. The van der Waals surface area contributed by atoms with Crippen LogP contribution in [0.5, 0.6) is 11.5 Å². The molecule has 0 saturated heterocycles. The average Bonchev–Trinajstić information content (AvgIpc) is 3.54. The van der Waals surface area contributed by atoms with Gasteiger partial charge in [0, 0.05) is 22.3 Å². The number of nitrogens with zero attached hydrogens (tertiary/aromatic N) is 4. The maximum absolute atomic E-state index is 14.1. The van der Waals surface area contributed by atoms with Gasteiger partial charge in [-0.05, 0) is 62.2 Å². The Morgan fingerprint density at radius 2 is 1.82 bits per heavy atom. The lowest BCUT2D eigenvalue weighted by Crippen LogP contribution is -2.51. The maximum Gasteiger partial charge on any atom is 0.249 e. The number of rotatable bonds is 8. The molecule has 0 saturated carbocycles. The monoisotopic (exact) mass is 533 g/mol. The first-order valence-electron chi connectivity index (χ1n) is 12.3. The van der Waals surface area contributed by atoms with Gasteiger partial charge in [0.1, 0.15) is 18.1 Å². The SMILES string of the molecule is CCC(C)(C)NC(=O)[C@@H](c1ccc(Cl)cc1)N(C(=O)Cn1nnc2ccccc21)c1ccc2c(c1)OCO2. The van der Waals surface area contributed by atoms with Gasteiger partial charge in [0.25, 0.3) is 0 Å². The van der Waals surface area contributed by atoms with Crippen molar-refractivity contribution in [1.29, 1.82) is 0 Å². The molecule has 196 valence electrons. The van der Waals surface area contributed by atoms with E-state index >= 15 is 0 Å². The lowest BCUT2D eigenvalue weighted by molar-refractivity contribution is -0.128. The predicted molar refractivity (Wildman–Crippen MR) is 144 cm³/mol. The van der Waals surface area contributed by atoms with E-state index in [1.165, 1.54) is 9.58 Å². The summed E-state index contributed by atoms with van der Waals surface area (Å²) in [5.41, 5.74) is 1.98. The fourth-order valence-corrected chi connectivity index (χ4v) is 4.39. The number of aromatic nitrogens is 3. The number of anilines is 1. The number of carbonyl (C=O) groups excluding carboxylic acids is 2. The highest BCUT2D eigenvalue weighted by Gasteiger charge is 2.36. The zero-order chi connectivity index (χ0) is 26.9. The fraction of sp³-hybridized carbons (Fsp3) is 0.286. The molecule has 9 nitrogen and oxygen atoms in total. The molecule has 1 N–H and O–H groups in total. The van der Waals surface area contributed by atoms with E-state index in [4.69, 9.17) is 21.1 Å². The van der Waals surface area contributed by atoms with E-state index in [1.807, 2.05) is 45.0 Å². The third-order valence-corrected chi connectivity index (χ3v) is 6.90. The molecular formula is C28H28ClN5O4. The molecule has 1 aliphatic heterocycles. The van der Waals surface area contributed by atoms with E-state index in [-0.39, 0.29) is 25.2 Å². The molecule has 1 atom stereocenters. The number of nitrogens with one attached hydrogen (secondary N) is 1. The summed E-state index contributed by atoms with van der Waals surface area (Å²) in [4.78, 5) is 29.6. The lowest BCUT2D eigenvalue weighted by atomic mass is 9.98. The van der Waals surface area contributed by atoms with Crippen LogP contribution in [0.15, 0.2) is 66.7 Å². The van der Waals surface area contributed by atoms with Gasteiger partial charge in [0.05, 0.1) is 5.52 Å². The van der Waals surface area contributed by atoms with Crippen LogP contribution in [0.4, 0.5) is 5.69 Å². The van der Waals surface area contributed by atoms with Gasteiger partial charge in [-0.3, -0.25) is 14.5 Å². The van der Waals surface area contributed by atoms with E-state index in [0.29, 0.717) is 45.2 Å². The zero-order valence-electron chi connectivity index (χ0n) is 21.3. The van der Waals surface area contributed by atoms with E-state index in [9.17, 15) is 9.59 Å². The number of para-hydroxylation sites is 1. The minimum atomic E-state index is -0.999. The van der Waals surface area contributed by atoms with Crippen molar-refractivity contribution in [3.8, 4) is 11.5 Å². The summed E-state index contributed by atoms with van der Waals surface area (Å²) in [5.74, 6) is 0.385. The molecule has 0 spiro atoms. The van der Waals surface area contributed by atoms with Crippen molar-refractivity contribution >= 4 is 40.1 Å². The van der Waals surface area contributed by atoms with Crippen LogP contribution in [-0.4, -0.2) is 39.1 Å². The molecule has 0 fully saturated rings. The molecule has 38 heavy (non-hydrogen) atoms. The van der Waals surface area contributed by atoms with Crippen molar-refractivity contribution in [3.05, 3.63) is 77.3 Å². The van der Waals surface area contributed by atoms with Crippen molar-refractivity contribution in [2.45, 2.75) is 45.3 Å². The molecule has 10 heteroatoms. The first kappa shape index (κ1) is 25.5. The number of hydrogen-bond donors (Lipinski definition) is 1. The molecule has 4 aromatic rings. The smallest absolute Gasteiger partial charge is 0.249 e. The summed E-state index contributed by atoms with van der Waals surface area (Å²) in [6.45, 7) is 5.83. The molecule has 1 aromatic heterocycles. The normalized spacial score (nSPS) is 13.4. The van der Waals surface area contributed by atoms with Crippen molar-refractivity contribution < 1.29 is 19.1 Å². The molecule has 3 aromatic carbocycles. The second-order valence-corrected chi connectivity index (χ2v) is 10.2. The molecule has 5 rings (SSSR count). The molecule has 0 bridgehead atoms. The van der Waals surface area contributed by atoms with Crippen LogP contribution in [0.25, 0.3) is 11.0 Å². The Labute approximate surface area is 225 Å². The van der Waals surface area contributed by atoms with Crippen LogP contribution in [0.3, 0.4) is 0 Å². The van der Waals surface area contributed by atoms with Gasteiger partial charge < -0.3 is 14.8 Å². The second-order valence-electron chi connectivity index (χ2n) is 9.72. The maximum atomic E-state index is 14.1. The third-order valence-electron chi connectivity index (χ3n) is 6.65. The van der Waals surface area contributed by atoms with Gasteiger partial charge in [-0.1, -0.05) is 48.0 Å². The Morgan fingerprint density at radius 1 is 1.08 bits per heavy atom. The average molecular weight is 534 g/mol. The Balaban J connectivity index is 1.61. The first-order chi connectivity index (χ1) is 18.3. The van der Waals surface area contributed by atoms with Crippen molar-refractivity contribution in [3.63, 3.8) is 0 Å². The van der Waals surface area contributed by atoms with E-state index < -0.39 is 11.6 Å². The van der Waals surface area contributed by atoms with Gasteiger partial charge in [-0.15, -0.1) is 5.10 Å². The van der Waals surface area contributed by atoms with Crippen molar-refractivity contribution in [2.75, 3.05) is 11.7 Å². The van der Waals surface area contributed by atoms with Gasteiger partial charge in [0.15, 0.2) is 11.5 Å².